The molecule has 0 radical (unpaired) electrons. The quantitative estimate of drug-likeness (QED) is 0.227. The van der Waals surface area contributed by atoms with E-state index in [0.717, 1.165) is 29.0 Å². The summed E-state index contributed by atoms with van der Waals surface area (Å²) in [6, 6.07) is 21.5. The molecule has 7 nitrogen and oxygen atoms in total. The number of hydrogen-bond acceptors (Lipinski definition) is 6. The molecule has 1 atom stereocenters. The summed E-state index contributed by atoms with van der Waals surface area (Å²) >= 11 is 0. The Kier molecular flexibility index (Phi) is 8.36. The number of anilines is 1. The Morgan fingerprint density at radius 3 is 2.13 bits per heavy atom. The van der Waals surface area contributed by atoms with Crippen LogP contribution in [0.25, 0.3) is 5.76 Å². The fourth-order valence-electron chi connectivity index (χ4n) is 4.54. The van der Waals surface area contributed by atoms with Crippen LogP contribution in [0.2, 0.25) is 0 Å². The highest BCUT2D eigenvalue weighted by Crippen LogP contribution is 2.40. The van der Waals surface area contributed by atoms with Crippen molar-refractivity contribution in [1.82, 2.24) is 4.90 Å². The first-order valence-electron chi connectivity index (χ1n) is 12.8. The van der Waals surface area contributed by atoms with E-state index < -0.39 is 17.7 Å². The lowest BCUT2D eigenvalue weighted by Gasteiger charge is -2.26. The molecule has 0 saturated carbocycles. The van der Waals surface area contributed by atoms with E-state index in [2.05, 4.69) is 0 Å². The molecule has 3 aromatic carbocycles. The molecule has 0 aromatic heterocycles. The minimum Gasteiger partial charge on any atom is -0.507 e. The van der Waals surface area contributed by atoms with E-state index in [1.807, 2.05) is 74.4 Å². The number of carbonyl (C=O) groups is 2. The SMILES string of the molecule is CCCOc1ccc(/C(O)=C2/C(=O)C(=O)N(CCc3ccc(OC)cc3)C2c2ccc(N(C)C)cc2)cc1. The summed E-state index contributed by atoms with van der Waals surface area (Å²) in [6.45, 7) is 2.93. The number of nitrogens with zero attached hydrogens (tertiary/aromatic N) is 2. The van der Waals surface area contributed by atoms with E-state index in [9.17, 15) is 14.7 Å². The molecule has 1 N–H and O–H groups in total. The molecule has 4 rings (SSSR count). The molecular formula is C31H34N2O5. The predicted octanol–water partition coefficient (Wildman–Crippen LogP) is 5.21. The third-order valence-electron chi connectivity index (χ3n) is 6.67. The highest BCUT2D eigenvalue weighted by molar-refractivity contribution is 6.46. The van der Waals surface area contributed by atoms with Gasteiger partial charge < -0.3 is 24.4 Å². The van der Waals surface area contributed by atoms with Crippen molar-refractivity contribution < 1.29 is 24.2 Å². The lowest BCUT2D eigenvalue weighted by Crippen LogP contribution is -2.31. The minimum atomic E-state index is -0.708. The zero-order chi connectivity index (χ0) is 27.2. The zero-order valence-electron chi connectivity index (χ0n) is 22.3. The van der Waals surface area contributed by atoms with Crippen LogP contribution in [0.4, 0.5) is 5.69 Å². The lowest BCUT2D eigenvalue weighted by molar-refractivity contribution is -0.139. The van der Waals surface area contributed by atoms with Gasteiger partial charge in [0.2, 0.25) is 0 Å². The number of amides is 1. The van der Waals surface area contributed by atoms with Crippen molar-refractivity contribution in [1.29, 1.82) is 0 Å². The smallest absolute Gasteiger partial charge is 0.295 e. The standard InChI is InChI=1S/C31H34N2O5/c1-5-20-38-26-16-10-23(11-17-26)29(34)27-28(22-8-12-24(13-9-22)32(2)3)33(31(36)30(27)35)19-18-21-6-14-25(37-4)15-7-21/h6-17,28,34H,5,18-20H2,1-4H3/b29-27-. The van der Waals surface area contributed by atoms with Gasteiger partial charge in [0.05, 0.1) is 25.3 Å². The fourth-order valence-corrected chi connectivity index (χ4v) is 4.54. The Hall–Kier alpha value is -4.26. The Morgan fingerprint density at radius 2 is 1.55 bits per heavy atom. The number of methoxy groups -OCH3 is 1. The van der Waals surface area contributed by atoms with Gasteiger partial charge in [-0.3, -0.25) is 9.59 Å². The van der Waals surface area contributed by atoms with Crippen molar-refractivity contribution in [3.63, 3.8) is 0 Å². The number of hydrogen-bond donors (Lipinski definition) is 1. The third-order valence-corrected chi connectivity index (χ3v) is 6.67. The van der Waals surface area contributed by atoms with Crippen molar-refractivity contribution in [3.05, 3.63) is 95.1 Å². The van der Waals surface area contributed by atoms with Gasteiger partial charge in [-0.15, -0.1) is 0 Å². The highest BCUT2D eigenvalue weighted by atomic mass is 16.5. The molecule has 1 aliphatic rings. The first-order chi connectivity index (χ1) is 18.3. The summed E-state index contributed by atoms with van der Waals surface area (Å²) in [5.74, 6) is -0.0747. The van der Waals surface area contributed by atoms with Crippen LogP contribution in [0.1, 0.15) is 36.1 Å². The highest BCUT2D eigenvalue weighted by Gasteiger charge is 2.45. The lowest BCUT2D eigenvalue weighted by atomic mass is 9.95. The van der Waals surface area contributed by atoms with Gasteiger partial charge in [0.1, 0.15) is 17.3 Å². The van der Waals surface area contributed by atoms with Gasteiger partial charge in [0.25, 0.3) is 11.7 Å². The van der Waals surface area contributed by atoms with Crippen molar-refractivity contribution in [2.24, 2.45) is 0 Å². The van der Waals surface area contributed by atoms with Gasteiger partial charge in [-0.2, -0.15) is 0 Å². The summed E-state index contributed by atoms with van der Waals surface area (Å²) in [7, 11) is 5.51. The number of likely N-dealkylation sites (tertiary alicyclic amines) is 1. The summed E-state index contributed by atoms with van der Waals surface area (Å²) in [4.78, 5) is 30.2. The van der Waals surface area contributed by atoms with Gasteiger partial charge in [0.15, 0.2) is 0 Å². The molecule has 38 heavy (non-hydrogen) atoms. The summed E-state index contributed by atoms with van der Waals surface area (Å²) in [6.07, 6.45) is 1.43. The molecule has 1 heterocycles. The number of benzene rings is 3. The largest absolute Gasteiger partial charge is 0.507 e. The third kappa shape index (κ3) is 5.67. The van der Waals surface area contributed by atoms with Gasteiger partial charge in [-0.05, 0) is 72.5 Å². The average Bonchev–Trinajstić information content (AvgIpc) is 3.20. The van der Waals surface area contributed by atoms with Crippen molar-refractivity contribution in [3.8, 4) is 11.5 Å². The van der Waals surface area contributed by atoms with Crippen LogP contribution in [0.3, 0.4) is 0 Å². The Labute approximate surface area is 223 Å². The number of ether oxygens (including phenoxy) is 2. The van der Waals surface area contributed by atoms with E-state index in [1.54, 1.807) is 36.3 Å². The first kappa shape index (κ1) is 26.8. The van der Waals surface area contributed by atoms with Crippen molar-refractivity contribution >= 4 is 23.1 Å². The fraction of sp³-hybridized carbons (Fsp3) is 0.290. The number of ketones is 1. The average molecular weight is 515 g/mol. The topological polar surface area (TPSA) is 79.3 Å². The monoisotopic (exact) mass is 514 g/mol. The van der Waals surface area contributed by atoms with E-state index in [0.29, 0.717) is 30.9 Å². The van der Waals surface area contributed by atoms with Gasteiger partial charge in [0, 0.05) is 31.9 Å². The first-order valence-corrected chi connectivity index (χ1v) is 12.8. The second kappa shape index (κ2) is 11.9. The van der Waals surface area contributed by atoms with Crippen LogP contribution < -0.4 is 14.4 Å². The van der Waals surface area contributed by atoms with Crippen LogP contribution in [-0.2, 0) is 16.0 Å². The number of Topliss-reactive ketones (excluding diaryl/α,β-unsaturated/α-hetero) is 1. The van der Waals surface area contributed by atoms with Crippen LogP contribution >= 0.6 is 0 Å². The Morgan fingerprint density at radius 1 is 0.921 bits per heavy atom. The molecule has 1 unspecified atom stereocenters. The van der Waals surface area contributed by atoms with Crippen LogP contribution in [0.5, 0.6) is 11.5 Å². The Bertz CT molecular complexity index is 1300. The molecule has 1 fully saturated rings. The molecular weight excluding hydrogens is 480 g/mol. The van der Waals surface area contributed by atoms with Gasteiger partial charge >= 0.3 is 0 Å². The number of carbonyl (C=O) groups excluding carboxylic acids is 2. The molecule has 7 heteroatoms. The summed E-state index contributed by atoms with van der Waals surface area (Å²) in [5.41, 5.74) is 3.30. The maximum atomic E-state index is 13.3. The van der Waals surface area contributed by atoms with Gasteiger partial charge in [-0.25, -0.2) is 0 Å². The van der Waals surface area contributed by atoms with E-state index in [1.165, 1.54) is 0 Å². The molecule has 1 aliphatic heterocycles. The van der Waals surface area contributed by atoms with E-state index in [-0.39, 0.29) is 11.3 Å². The number of aliphatic hydroxyl groups excluding tert-OH is 1. The minimum absolute atomic E-state index is 0.0876. The summed E-state index contributed by atoms with van der Waals surface area (Å²) < 4.78 is 10.9. The Balaban J connectivity index is 1.71. The number of aliphatic hydroxyl groups is 1. The maximum Gasteiger partial charge on any atom is 0.295 e. The van der Waals surface area contributed by atoms with Crippen molar-refractivity contribution in [2.75, 3.05) is 39.3 Å². The molecule has 0 spiro atoms. The molecule has 3 aromatic rings. The normalized spacial score (nSPS) is 16.5. The van der Waals surface area contributed by atoms with Crippen LogP contribution in [0.15, 0.2) is 78.4 Å². The van der Waals surface area contributed by atoms with E-state index >= 15 is 0 Å². The summed E-state index contributed by atoms with van der Waals surface area (Å²) in [5, 5.41) is 11.3. The molecule has 198 valence electrons. The molecule has 0 aliphatic carbocycles. The molecule has 0 bridgehead atoms. The van der Waals surface area contributed by atoms with Crippen LogP contribution in [0, 0.1) is 0 Å². The maximum absolute atomic E-state index is 13.3. The molecule has 1 saturated heterocycles. The second-order valence-corrected chi connectivity index (χ2v) is 9.45. The van der Waals surface area contributed by atoms with E-state index in [4.69, 9.17) is 9.47 Å². The predicted molar refractivity (Wildman–Crippen MR) is 149 cm³/mol. The number of rotatable bonds is 10. The van der Waals surface area contributed by atoms with Crippen molar-refractivity contribution in [2.45, 2.75) is 25.8 Å². The second-order valence-electron chi connectivity index (χ2n) is 9.45. The zero-order valence-corrected chi connectivity index (χ0v) is 22.3. The van der Waals surface area contributed by atoms with Crippen LogP contribution in [-0.4, -0.2) is 56.1 Å². The van der Waals surface area contributed by atoms with Gasteiger partial charge in [-0.1, -0.05) is 31.2 Å². The molecule has 1 amide bonds.